The van der Waals surface area contributed by atoms with Crippen LogP contribution in [0.2, 0.25) is 0 Å². The highest BCUT2D eigenvalue weighted by Crippen LogP contribution is 2.36. The molecule has 112 valence electrons. The molecule has 0 aromatic rings. The number of nitrogens with two attached hydrogens (primary N) is 1. The molecule has 1 aliphatic carbocycles. The van der Waals surface area contributed by atoms with E-state index in [9.17, 15) is 9.59 Å². The van der Waals surface area contributed by atoms with Gasteiger partial charge in [-0.05, 0) is 38.0 Å². The van der Waals surface area contributed by atoms with Gasteiger partial charge in [0.05, 0.1) is 0 Å². The molecule has 3 heteroatoms. The minimum Gasteiger partial charge on any atom is -0.369 e. The largest absolute Gasteiger partial charge is 0.369 e. The monoisotopic (exact) mass is 269 g/mol. The maximum absolute atomic E-state index is 12.4. The molecule has 0 bridgehead atoms. The van der Waals surface area contributed by atoms with Gasteiger partial charge in [-0.2, -0.15) is 0 Å². The maximum atomic E-state index is 12.4. The third-order valence-electron chi connectivity index (χ3n) is 4.23. The lowest BCUT2D eigenvalue weighted by Crippen LogP contribution is -2.40. The molecule has 0 aliphatic heterocycles. The summed E-state index contributed by atoms with van der Waals surface area (Å²) in [6.45, 7) is 10.2. The van der Waals surface area contributed by atoms with Crippen LogP contribution in [-0.4, -0.2) is 11.7 Å². The number of hydrogen-bond acceptors (Lipinski definition) is 2. The molecule has 1 fully saturated rings. The van der Waals surface area contributed by atoms with Gasteiger partial charge in [0.25, 0.3) is 0 Å². The normalized spacial score (nSPS) is 26.5. The highest BCUT2D eigenvalue weighted by Gasteiger charge is 2.38. The molecule has 0 radical (unpaired) electrons. The molecule has 3 nitrogen and oxygen atoms in total. The first-order valence-electron chi connectivity index (χ1n) is 7.84. The van der Waals surface area contributed by atoms with E-state index in [1.165, 1.54) is 0 Å². The van der Waals surface area contributed by atoms with Crippen molar-refractivity contribution in [3.05, 3.63) is 0 Å². The van der Waals surface area contributed by atoms with Crippen molar-refractivity contribution < 1.29 is 9.59 Å². The van der Waals surface area contributed by atoms with E-state index >= 15 is 0 Å². The number of carbonyl (C=O) groups is 2. The molecule has 1 aliphatic rings. The zero-order valence-corrected chi connectivity index (χ0v) is 13.2. The Hall–Kier alpha value is -0.860. The van der Waals surface area contributed by atoms with Crippen molar-refractivity contribution in [2.24, 2.45) is 29.4 Å². The van der Waals surface area contributed by atoms with E-state index < -0.39 is 0 Å². The van der Waals surface area contributed by atoms with E-state index in [0.29, 0.717) is 5.92 Å². The number of hydrogen-bond donors (Lipinski definition) is 1. The average molecular weight is 269 g/mol. The molecule has 2 N–H and O–H groups in total. The molecule has 1 saturated carbocycles. The maximum Gasteiger partial charge on any atom is 0.221 e. The summed E-state index contributed by atoms with van der Waals surface area (Å²) in [4.78, 5) is 23.9. The molecular weight excluding hydrogens is 238 g/mol. The Morgan fingerprint density at radius 1 is 1.11 bits per heavy atom. The Kier molecular flexibility index (Phi) is 8.70. The summed E-state index contributed by atoms with van der Waals surface area (Å²) < 4.78 is 0. The molecule has 3 atom stereocenters. The van der Waals surface area contributed by atoms with Crippen molar-refractivity contribution in [3.8, 4) is 0 Å². The zero-order chi connectivity index (χ0) is 15.0. The van der Waals surface area contributed by atoms with E-state index in [0.717, 1.165) is 32.1 Å². The lowest BCUT2D eigenvalue weighted by molar-refractivity contribution is -0.137. The van der Waals surface area contributed by atoms with Crippen LogP contribution in [0.3, 0.4) is 0 Å². The summed E-state index contributed by atoms with van der Waals surface area (Å²) in [6.07, 6.45) is 4.40. The fourth-order valence-corrected chi connectivity index (χ4v) is 3.03. The zero-order valence-electron chi connectivity index (χ0n) is 13.2. The summed E-state index contributed by atoms with van der Waals surface area (Å²) in [7, 11) is 0. The fourth-order valence-electron chi connectivity index (χ4n) is 3.03. The van der Waals surface area contributed by atoms with Crippen LogP contribution in [0.25, 0.3) is 0 Å². The van der Waals surface area contributed by atoms with Crippen molar-refractivity contribution in [1.82, 2.24) is 0 Å². The van der Waals surface area contributed by atoms with Crippen molar-refractivity contribution >= 4 is 11.7 Å². The van der Waals surface area contributed by atoms with Gasteiger partial charge in [-0.25, -0.2) is 0 Å². The van der Waals surface area contributed by atoms with Gasteiger partial charge in [0.15, 0.2) is 0 Å². The minimum atomic E-state index is -0.291. The number of Topliss-reactive ketones (excluding diaryl/α,β-unsaturated/α-hetero) is 1. The molecule has 0 spiro atoms. The summed E-state index contributed by atoms with van der Waals surface area (Å²) in [5, 5.41) is 0. The number of ketones is 1. The van der Waals surface area contributed by atoms with Crippen molar-refractivity contribution in [2.45, 2.75) is 66.7 Å². The summed E-state index contributed by atoms with van der Waals surface area (Å²) in [6, 6.07) is 0. The Balaban J connectivity index is 0.00000154. The SMILES string of the molecule is CC.CCC(CC)C(=O)C1CC[C@H](C)CC1C(N)=O. The lowest BCUT2D eigenvalue weighted by Gasteiger charge is -2.33. The summed E-state index contributed by atoms with van der Waals surface area (Å²) >= 11 is 0. The third-order valence-corrected chi connectivity index (χ3v) is 4.23. The van der Waals surface area contributed by atoms with Crippen LogP contribution in [0.1, 0.15) is 66.7 Å². The second-order valence-corrected chi connectivity index (χ2v) is 5.45. The molecule has 1 rings (SSSR count). The van der Waals surface area contributed by atoms with E-state index in [-0.39, 0.29) is 29.4 Å². The molecule has 0 saturated heterocycles. The number of amides is 1. The van der Waals surface area contributed by atoms with Crippen molar-refractivity contribution in [2.75, 3.05) is 0 Å². The second kappa shape index (κ2) is 9.11. The Labute approximate surface area is 118 Å². The first-order chi connectivity index (χ1) is 9.01. The van der Waals surface area contributed by atoms with Crippen LogP contribution in [0.4, 0.5) is 0 Å². The Bertz CT molecular complexity index is 284. The van der Waals surface area contributed by atoms with Crippen LogP contribution < -0.4 is 5.73 Å². The Morgan fingerprint density at radius 2 is 1.63 bits per heavy atom. The second-order valence-electron chi connectivity index (χ2n) is 5.45. The number of carbonyl (C=O) groups excluding carboxylic acids is 2. The van der Waals surface area contributed by atoms with Gasteiger partial charge >= 0.3 is 0 Å². The van der Waals surface area contributed by atoms with Gasteiger partial charge in [0, 0.05) is 17.8 Å². The topological polar surface area (TPSA) is 60.2 Å². The quantitative estimate of drug-likeness (QED) is 0.829. The summed E-state index contributed by atoms with van der Waals surface area (Å²) in [5.41, 5.74) is 5.45. The van der Waals surface area contributed by atoms with Gasteiger partial charge in [0.1, 0.15) is 5.78 Å². The van der Waals surface area contributed by atoms with Crippen LogP contribution in [0.15, 0.2) is 0 Å². The van der Waals surface area contributed by atoms with Crippen LogP contribution in [0, 0.1) is 23.7 Å². The van der Waals surface area contributed by atoms with Crippen LogP contribution >= 0.6 is 0 Å². The van der Waals surface area contributed by atoms with E-state index in [2.05, 4.69) is 6.92 Å². The first-order valence-corrected chi connectivity index (χ1v) is 7.84. The predicted molar refractivity (Wildman–Crippen MR) is 79.6 cm³/mol. The average Bonchev–Trinajstić information content (AvgIpc) is 2.42. The van der Waals surface area contributed by atoms with Gasteiger partial charge in [-0.3, -0.25) is 9.59 Å². The third kappa shape index (κ3) is 4.96. The molecule has 0 heterocycles. The number of rotatable bonds is 5. The lowest BCUT2D eigenvalue weighted by atomic mass is 9.70. The minimum absolute atomic E-state index is 0.107. The first kappa shape index (κ1) is 18.1. The highest BCUT2D eigenvalue weighted by atomic mass is 16.1. The van der Waals surface area contributed by atoms with Gasteiger partial charge in [-0.15, -0.1) is 0 Å². The molecule has 0 aromatic carbocycles. The number of primary amides is 1. The Morgan fingerprint density at radius 3 is 2.05 bits per heavy atom. The molecule has 2 unspecified atom stereocenters. The van der Waals surface area contributed by atoms with Crippen LogP contribution in [-0.2, 0) is 9.59 Å². The smallest absolute Gasteiger partial charge is 0.221 e. The van der Waals surface area contributed by atoms with Gasteiger partial charge in [-0.1, -0.05) is 34.6 Å². The van der Waals surface area contributed by atoms with Crippen molar-refractivity contribution in [1.29, 1.82) is 0 Å². The molecule has 19 heavy (non-hydrogen) atoms. The van der Waals surface area contributed by atoms with E-state index in [1.807, 2.05) is 27.7 Å². The molecule has 0 aromatic heterocycles. The van der Waals surface area contributed by atoms with Crippen LogP contribution in [0.5, 0.6) is 0 Å². The summed E-state index contributed by atoms with van der Waals surface area (Å²) in [5.74, 6) is 0.250. The highest BCUT2D eigenvalue weighted by molar-refractivity contribution is 5.89. The standard InChI is InChI=1S/C14H25NO2.C2H6/c1-4-10(5-2)13(16)11-7-6-9(3)8-12(11)14(15)17;1-2/h9-12H,4-8H2,1-3H3,(H2,15,17);1-2H3/t9-,11?,12?;/m0./s1. The predicted octanol–water partition coefficient (Wildman–Crippen LogP) is 3.56. The fraction of sp³-hybridized carbons (Fsp3) is 0.875. The van der Waals surface area contributed by atoms with Crippen molar-refractivity contribution in [3.63, 3.8) is 0 Å². The van der Waals surface area contributed by atoms with E-state index in [4.69, 9.17) is 5.73 Å². The molecular formula is C16H31NO2. The van der Waals surface area contributed by atoms with E-state index in [1.54, 1.807) is 0 Å². The van der Waals surface area contributed by atoms with Gasteiger partial charge < -0.3 is 5.73 Å². The van der Waals surface area contributed by atoms with Gasteiger partial charge in [0.2, 0.25) is 5.91 Å². The molecule has 1 amide bonds.